The third-order valence-electron chi connectivity index (χ3n) is 4.78. The first-order chi connectivity index (χ1) is 11.6. The summed E-state index contributed by atoms with van der Waals surface area (Å²) >= 11 is 0. The van der Waals surface area contributed by atoms with Crippen LogP contribution in [0.3, 0.4) is 0 Å². The molecule has 0 spiro atoms. The molecule has 3 rings (SSSR count). The number of amides is 2. The van der Waals surface area contributed by atoms with E-state index in [1.54, 1.807) is 31.4 Å². The minimum absolute atomic E-state index is 0.125. The number of anilines is 1. The molecule has 6 heteroatoms. The Morgan fingerprint density at radius 1 is 1.12 bits per heavy atom. The monoisotopic (exact) mass is 332 g/mol. The van der Waals surface area contributed by atoms with Crippen molar-refractivity contribution in [1.82, 2.24) is 4.90 Å². The average molecular weight is 332 g/mol. The Bertz CT molecular complexity index is 594. The number of hydrogen-bond acceptors (Lipinski definition) is 5. The highest BCUT2D eigenvalue weighted by Crippen LogP contribution is 2.29. The number of nitrogens with zero attached hydrogens (tertiary/aromatic N) is 2. The maximum Gasteiger partial charge on any atom is 0.251 e. The predicted octanol–water partition coefficient (Wildman–Crippen LogP) is 1.83. The first kappa shape index (κ1) is 16.9. The van der Waals surface area contributed by atoms with Gasteiger partial charge >= 0.3 is 0 Å². The Morgan fingerprint density at radius 2 is 1.79 bits per heavy atom. The van der Waals surface area contributed by atoms with Crippen LogP contribution in [0.1, 0.15) is 26.2 Å². The summed E-state index contributed by atoms with van der Waals surface area (Å²) in [6, 6.07) is 6.76. The molecule has 2 aliphatic heterocycles. The first-order valence-electron chi connectivity index (χ1n) is 8.50. The second kappa shape index (κ2) is 7.32. The minimum atomic E-state index is -0.345. The number of imide groups is 1. The van der Waals surface area contributed by atoms with Crippen LogP contribution in [0.5, 0.6) is 5.75 Å². The summed E-state index contributed by atoms with van der Waals surface area (Å²) in [4.78, 5) is 28.6. The van der Waals surface area contributed by atoms with Crippen LogP contribution >= 0.6 is 0 Å². The van der Waals surface area contributed by atoms with Crippen LogP contribution in [-0.2, 0) is 14.3 Å². The third-order valence-corrected chi connectivity index (χ3v) is 4.78. The number of methoxy groups -OCH3 is 1. The molecule has 2 amide bonds. The summed E-state index contributed by atoms with van der Waals surface area (Å²) in [5.41, 5.74) is 0.614. The Morgan fingerprint density at radius 3 is 2.38 bits per heavy atom. The summed E-state index contributed by atoms with van der Waals surface area (Å²) in [5.74, 6) is 0.474. The number of benzene rings is 1. The van der Waals surface area contributed by atoms with Crippen LogP contribution < -0.4 is 9.64 Å². The van der Waals surface area contributed by atoms with E-state index >= 15 is 0 Å². The molecule has 2 aliphatic rings. The summed E-state index contributed by atoms with van der Waals surface area (Å²) in [7, 11) is 1.72. The molecular formula is C18H24N2O4. The second-order valence-electron chi connectivity index (χ2n) is 6.19. The molecule has 2 heterocycles. The molecule has 1 atom stereocenters. The van der Waals surface area contributed by atoms with Crippen LogP contribution in [0.25, 0.3) is 0 Å². The van der Waals surface area contributed by atoms with Crippen molar-refractivity contribution < 1.29 is 19.1 Å². The zero-order valence-electron chi connectivity index (χ0n) is 14.2. The molecule has 6 nitrogen and oxygen atoms in total. The number of rotatable bonds is 5. The lowest BCUT2D eigenvalue weighted by atomic mass is 10.0. The van der Waals surface area contributed by atoms with Gasteiger partial charge in [0.15, 0.2) is 0 Å². The maximum atomic E-state index is 12.8. The van der Waals surface area contributed by atoms with E-state index in [1.165, 1.54) is 4.90 Å². The number of ether oxygens (including phenoxy) is 2. The van der Waals surface area contributed by atoms with Gasteiger partial charge in [-0.15, -0.1) is 0 Å². The summed E-state index contributed by atoms with van der Waals surface area (Å²) < 4.78 is 10.8. The lowest BCUT2D eigenvalue weighted by molar-refractivity contribution is -0.123. The Hall–Kier alpha value is -1.92. The highest BCUT2D eigenvalue weighted by atomic mass is 16.5. The minimum Gasteiger partial charge on any atom is -0.494 e. The molecule has 2 saturated heterocycles. The van der Waals surface area contributed by atoms with Crippen LogP contribution in [0, 0.1) is 0 Å². The molecule has 0 aromatic heterocycles. The summed E-state index contributed by atoms with van der Waals surface area (Å²) in [6.07, 6.45) is 2.31. The number of carbonyl (C=O) groups is 2. The van der Waals surface area contributed by atoms with Crippen LogP contribution in [0.4, 0.5) is 5.69 Å². The van der Waals surface area contributed by atoms with E-state index < -0.39 is 0 Å². The molecule has 130 valence electrons. The van der Waals surface area contributed by atoms with Gasteiger partial charge in [0.05, 0.1) is 30.9 Å². The SMILES string of the molecule is CCOc1ccc(N2C(=O)CC(N3CCC(OC)CC3)C2=O)cc1. The Kier molecular flexibility index (Phi) is 5.16. The molecule has 0 bridgehead atoms. The van der Waals surface area contributed by atoms with Crippen molar-refractivity contribution in [2.24, 2.45) is 0 Å². The zero-order valence-corrected chi connectivity index (χ0v) is 14.2. The number of hydrogen-bond donors (Lipinski definition) is 0. The van der Waals surface area contributed by atoms with Gasteiger partial charge in [-0.1, -0.05) is 0 Å². The Balaban J connectivity index is 1.70. The van der Waals surface area contributed by atoms with Gasteiger partial charge in [0.25, 0.3) is 5.91 Å². The van der Waals surface area contributed by atoms with Gasteiger partial charge in [0.2, 0.25) is 5.91 Å². The zero-order chi connectivity index (χ0) is 17.1. The van der Waals surface area contributed by atoms with Crippen LogP contribution in [0.15, 0.2) is 24.3 Å². The average Bonchev–Trinajstić information content (AvgIpc) is 2.91. The molecule has 0 aliphatic carbocycles. The van der Waals surface area contributed by atoms with Crippen molar-refractivity contribution in [2.45, 2.75) is 38.3 Å². The van der Waals surface area contributed by atoms with Crippen molar-refractivity contribution in [3.63, 3.8) is 0 Å². The van der Waals surface area contributed by atoms with Crippen molar-refractivity contribution in [1.29, 1.82) is 0 Å². The molecule has 0 radical (unpaired) electrons. The van der Waals surface area contributed by atoms with Crippen LogP contribution in [0.2, 0.25) is 0 Å². The van der Waals surface area contributed by atoms with E-state index in [9.17, 15) is 9.59 Å². The van der Waals surface area contributed by atoms with Crippen molar-refractivity contribution >= 4 is 17.5 Å². The number of likely N-dealkylation sites (tertiary alicyclic amines) is 1. The predicted molar refractivity (Wildman–Crippen MR) is 90.1 cm³/mol. The normalized spacial score (nSPS) is 23.1. The first-order valence-corrected chi connectivity index (χ1v) is 8.50. The van der Waals surface area contributed by atoms with Gasteiger partial charge < -0.3 is 9.47 Å². The van der Waals surface area contributed by atoms with Crippen molar-refractivity contribution in [2.75, 3.05) is 31.7 Å². The fraction of sp³-hybridized carbons (Fsp3) is 0.556. The second-order valence-corrected chi connectivity index (χ2v) is 6.19. The van der Waals surface area contributed by atoms with Gasteiger partial charge in [-0.25, -0.2) is 4.90 Å². The summed E-state index contributed by atoms with van der Waals surface area (Å²) in [5, 5.41) is 0. The van der Waals surface area contributed by atoms with E-state index in [4.69, 9.17) is 9.47 Å². The standard InChI is InChI=1S/C18H24N2O4/c1-3-24-15-6-4-13(5-7-15)20-17(21)12-16(18(20)22)19-10-8-14(23-2)9-11-19/h4-7,14,16H,3,8-12H2,1-2H3. The van der Waals surface area contributed by atoms with Crippen molar-refractivity contribution in [3.05, 3.63) is 24.3 Å². The molecule has 1 aromatic carbocycles. The highest BCUT2D eigenvalue weighted by Gasteiger charge is 2.43. The van der Waals surface area contributed by atoms with Gasteiger partial charge in [0.1, 0.15) is 5.75 Å². The topological polar surface area (TPSA) is 59.1 Å². The molecule has 2 fully saturated rings. The molecular weight excluding hydrogens is 308 g/mol. The van der Waals surface area contributed by atoms with Gasteiger partial charge in [0, 0.05) is 20.2 Å². The fourth-order valence-electron chi connectivity index (χ4n) is 3.45. The van der Waals surface area contributed by atoms with E-state index in [1.807, 2.05) is 6.92 Å². The van der Waals surface area contributed by atoms with E-state index in [2.05, 4.69) is 4.90 Å². The van der Waals surface area contributed by atoms with Gasteiger partial charge in [-0.2, -0.15) is 0 Å². The number of carbonyl (C=O) groups excluding carboxylic acids is 2. The van der Waals surface area contributed by atoms with E-state index in [0.29, 0.717) is 12.3 Å². The lowest BCUT2D eigenvalue weighted by Crippen LogP contribution is -2.47. The lowest BCUT2D eigenvalue weighted by Gasteiger charge is -2.34. The molecule has 1 unspecified atom stereocenters. The largest absolute Gasteiger partial charge is 0.494 e. The Labute approximate surface area is 142 Å². The number of piperidine rings is 1. The smallest absolute Gasteiger partial charge is 0.251 e. The molecule has 0 saturated carbocycles. The van der Waals surface area contributed by atoms with E-state index in [-0.39, 0.29) is 30.4 Å². The quantitative estimate of drug-likeness (QED) is 0.770. The van der Waals surface area contributed by atoms with Gasteiger partial charge in [-0.3, -0.25) is 14.5 Å². The highest BCUT2D eigenvalue weighted by molar-refractivity contribution is 6.22. The molecule has 24 heavy (non-hydrogen) atoms. The maximum absolute atomic E-state index is 12.8. The van der Waals surface area contributed by atoms with Gasteiger partial charge in [-0.05, 0) is 44.0 Å². The summed E-state index contributed by atoms with van der Waals surface area (Å²) in [6.45, 7) is 4.08. The molecule has 0 N–H and O–H groups in total. The van der Waals surface area contributed by atoms with E-state index in [0.717, 1.165) is 31.7 Å². The van der Waals surface area contributed by atoms with Crippen molar-refractivity contribution in [3.8, 4) is 5.75 Å². The molecule has 1 aromatic rings. The fourth-order valence-corrected chi connectivity index (χ4v) is 3.45. The third kappa shape index (κ3) is 3.30. The van der Waals surface area contributed by atoms with Crippen LogP contribution in [-0.4, -0.2) is 55.7 Å².